The number of anilines is 3. The van der Waals surface area contributed by atoms with Gasteiger partial charge in [-0.15, -0.1) is 34.0 Å². The molecule has 119 heavy (non-hydrogen) atoms. The maximum atomic E-state index is 15.9. The smallest absolute Gasteiger partial charge is 0.467 e. The van der Waals surface area contributed by atoms with Crippen LogP contribution in [0, 0.1) is 90.3 Å². The molecule has 6 saturated carbocycles. The molecule has 0 aliphatic heterocycles. The molecule has 15 atom stereocenters. The SMILES string of the molecule is CO/N=C1\C[C@@H](CCC(=O)Nc2ncc(C)s2)C2C3CCc4cc(OCOP(=O)(OCOc5cc6c(cc5C(C)(C)C)C5CC[C@]7(C)/C(=N/OC)C[C@@H](CCC(=O)Nc8ncc(C)s8)C7C5CC6)OCOc5cc6c(cc5C(C)(C)C)C5CC[C@]7(C)/C(=N/OC)C[C@@H](CCC(=O)Nc8ncc(C)s8)C7C5CC6)c(C(C)(C)C)cc4C3CC[C@]12C. The fourth-order valence-electron chi connectivity index (χ4n) is 24.0. The van der Waals surface area contributed by atoms with Gasteiger partial charge >= 0.3 is 7.82 Å². The lowest BCUT2D eigenvalue weighted by molar-refractivity contribution is -0.117. The summed E-state index contributed by atoms with van der Waals surface area (Å²) >= 11 is 4.47. The Morgan fingerprint density at radius 2 is 0.723 bits per heavy atom. The van der Waals surface area contributed by atoms with Gasteiger partial charge in [-0.05, 0) is 292 Å². The highest BCUT2D eigenvalue weighted by molar-refractivity contribution is 7.48. The predicted octanol–water partition coefficient (Wildman–Crippen LogP) is 22.0. The third-order valence-electron chi connectivity index (χ3n) is 29.2. The average Bonchev–Trinajstić information content (AvgIpc) is 1.62. The minimum atomic E-state index is -4.63. The second kappa shape index (κ2) is 34.5. The number of hydrogen-bond donors (Lipinski definition) is 3. The second-order valence-corrected chi connectivity index (χ2v) is 44.9. The third kappa shape index (κ3) is 17.8. The minimum Gasteiger partial charge on any atom is -0.467 e. The summed E-state index contributed by atoms with van der Waals surface area (Å²) in [6, 6.07) is 13.7. The highest BCUT2D eigenvalue weighted by Gasteiger charge is 2.61. The number of oxime groups is 3. The molecule has 3 aromatic heterocycles. The molecule has 0 spiro atoms. The van der Waals surface area contributed by atoms with Crippen molar-refractivity contribution < 1.29 is 61.2 Å². The van der Waals surface area contributed by atoms with E-state index in [1.807, 2.05) is 20.8 Å². The molecule has 0 saturated heterocycles. The van der Waals surface area contributed by atoms with Crippen LogP contribution in [-0.2, 0) is 82.5 Å². The quantitative estimate of drug-likeness (QED) is 0.0246. The van der Waals surface area contributed by atoms with Crippen LogP contribution in [0.1, 0.15) is 281 Å². The van der Waals surface area contributed by atoms with Gasteiger partial charge in [0.25, 0.3) is 0 Å². The fourth-order valence-corrected chi connectivity index (χ4v) is 26.8. The summed E-state index contributed by atoms with van der Waals surface area (Å²) in [6.07, 6.45) is 22.5. The zero-order valence-electron chi connectivity index (χ0n) is 73.3. The van der Waals surface area contributed by atoms with Crippen LogP contribution in [0.3, 0.4) is 0 Å². The summed E-state index contributed by atoms with van der Waals surface area (Å²) in [7, 11) is 0.295. The van der Waals surface area contributed by atoms with Crippen LogP contribution in [0.4, 0.5) is 15.4 Å². The van der Waals surface area contributed by atoms with Crippen LogP contribution in [0.5, 0.6) is 17.2 Å². The Hall–Kier alpha value is -7.12. The van der Waals surface area contributed by atoms with E-state index in [4.69, 9.17) is 57.8 Å². The van der Waals surface area contributed by atoms with Crippen molar-refractivity contribution in [3.63, 3.8) is 0 Å². The summed E-state index contributed by atoms with van der Waals surface area (Å²) in [5.74, 6) is 5.52. The highest BCUT2D eigenvalue weighted by Crippen LogP contribution is 2.67. The van der Waals surface area contributed by atoms with E-state index in [9.17, 15) is 14.4 Å². The molecule has 0 bridgehead atoms. The lowest BCUT2D eigenvalue weighted by Gasteiger charge is -2.50. The van der Waals surface area contributed by atoms with Gasteiger partial charge in [-0.25, -0.2) is 33.1 Å². The third-order valence-corrected chi connectivity index (χ3v) is 33.0. The number of rotatable bonds is 27. The lowest BCUT2D eigenvalue weighted by atomic mass is 9.53. The summed E-state index contributed by atoms with van der Waals surface area (Å²) < 4.78 is 55.6. The normalized spacial score (nSPS) is 29.5. The fraction of sp³-hybridized carbons (Fsp3) is 0.645. The van der Waals surface area contributed by atoms with Gasteiger partial charge in [-0.3, -0.25) is 14.4 Å². The maximum Gasteiger partial charge on any atom is 0.483 e. The first kappa shape index (κ1) is 86.8. The van der Waals surface area contributed by atoms with Gasteiger partial charge < -0.3 is 44.7 Å². The topological polar surface area (TPSA) is 263 Å². The number of nitrogens with zero attached hydrogens (tertiary/aromatic N) is 6. The van der Waals surface area contributed by atoms with E-state index in [1.54, 1.807) is 39.9 Å². The Morgan fingerprint density at radius 1 is 0.445 bits per heavy atom. The highest BCUT2D eigenvalue weighted by atomic mass is 32.1. The first-order valence-corrected chi connectivity index (χ1v) is 47.4. The van der Waals surface area contributed by atoms with Crippen molar-refractivity contribution in [2.24, 2.45) is 85.0 Å². The number of carbonyl (C=O) groups is 3. The van der Waals surface area contributed by atoms with Crippen molar-refractivity contribution >= 4 is 92.1 Å². The molecule has 9 aliphatic carbocycles. The molecule has 22 nitrogen and oxygen atoms in total. The molecule has 3 heterocycles. The Kier molecular flexibility index (Phi) is 25.2. The van der Waals surface area contributed by atoms with Gasteiger partial charge in [0.15, 0.2) is 35.8 Å². The molecular weight excluding hydrogens is 1580 g/mol. The molecular formula is C93H126N9O13PS3. The van der Waals surface area contributed by atoms with Crippen LogP contribution >= 0.6 is 41.8 Å². The number of nitrogens with one attached hydrogen (secondary N) is 3. The van der Waals surface area contributed by atoms with Crippen LogP contribution < -0.4 is 30.2 Å². The summed E-state index contributed by atoms with van der Waals surface area (Å²) in [4.78, 5) is 73.6. The van der Waals surface area contributed by atoms with E-state index in [0.29, 0.717) is 87.4 Å². The summed E-state index contributed by atoms with van der Waals surface area (Å²) in [5, 5.41) is 25.2. The van der Waals surface area contributed by atoms with Crippen LogP contribution in [-0.4, -0.2) is 91.5 Å². The van der Waals surface area contributed by atoms with E-state index in [1.165, 1.54) is 67.4 Å². The number of aromatic nitrogens is 3. The van der Waals surface area contributed by atoms with Crippen molar-refractivity contribution in [2.45, 2.75) is 273 Å². The van der Waals surface area contributed by atoms with Crippen molar-refractivity contribution in [1.29, 1.82) is 0 Å². The van der Waals surface area contributed by atoms with Gasteiger partial charge in [0.1, 0.15) is 38.6 Å². The Balaban J connectivity index is 0.686. The molecule has 6 fully saturated rings. The number of carbonyl (C=O) groups excluding carboxylic acids is 3. The van der Waals surface area contributed by atoms with E-state index in [-0.39, 0.29) is 85.7 Å². The number of benzene rings is 3. The van der Waals surface area contributed by atoms with Crippen molar-refractivity contribution in [3.05, 3.63) is 120 Å². The monoisotopic (exact) mass is 1700 g/mol. The first-order chi connectivity index (χ1) is 56.6. The van der Waals surface area contributed by atoms with Crippen molar-refractivity contribution in [2.75, 3.05) is 57.7 Å². The molecule has 9 aliphatic rings. The minimum absolute atomic E-state index is 0.0142. The number of ether oxygens (including phenoxy) is 3. The number of thiazole rings is 3. The number of phosphoric acid groups is 1. The molecule has 3 N–H and O–H groups in total. The van der Waals surface area contributed by atoms with Gasteiger partial charge in [0, 0.05) is 68.7 Å². The van der Waals surface area contributed by atoms with Crippen molar-refractivity contribution in [1.82, 2.24) is 15.0 Å². The predicted molar refractivity (Wildman–Crippen MR) is 471 cm³/mol. The number of aryl methyl sites for hydroxylation is 6. The van der Waals surface area contributed by atoms with Crippen LogP contribution in [0.25, 0.3) is 0 Å². The van der Waals surface area contributed by atoms with Gasteiger partial charge in [-0.1, -0.05) is 117 Å². The molecule has 3 aromatic carbocycles. The van der Waals surface area contributed by atoms with E-state index in [0.717, 1.165) is 164 Å². The first-order valence-electron chi connectivity index (χ1n) is 43.5. The molecule has 15 rings (SSSR count). The lowest BCUT2D eigenvalue weighted by Crippen LogP contribution is -2.44. The van der Waals surface area contributed by atoms with Gasteiger partial charge in [0.2, 0.25) is 17.7 Å². The van der Waals surface area contributed by atoms with E-state index >= 15 is 4.57 Å². The largest absolute Gasteiger partial charge is 0.483 e. The molecule has 6 aromatic rings. The molecule has 3 amide bonds. The zero-order valence-corrected chi connectivity index (χ0v) is 76.6. The van der Waals surface area contributed by atoms with Crippen molar-refractivity contribution in [3.8, 4) is 17.2 Å². The molecule has 644 valence electrons. The van der Waals surface area contributed by atoms with E-state index in [2.05, 4.69) is 150 Å². The molecule has 26 heteroatoms. The van der Waals surface area contributed by atoms with E-state index < -0.39 is 28.2 Å². The molecule has 9 unspecified atom stereocenters. The number of hydrogen-bond acceptors (Lipinski definition) is 22. The number of fused-ring (bicyclic) bond motifs is 15. The van der Waals surface area contributed by atoms with Gasteiger partial charge in [0.05, 0.1) is 17.1 Å². The Bertz CT molecular complexity index is 4440. The summed E-state index contributed by atoms with van der Waals surface area (Å²) in [5.41, 5.74) is 12.4. The average molecular weight is 1710 g/mol. The standard InChI is InChI=1S/C93H126N9O13PS3/c1-52-46-94-85(117-52)97-79(103)28-22-58-40-76(100-107-16)91(13)34-31-61-64(82(58)91)25-19-55-37-73(70(43-67(55)61)88(4,5)6)110-49-113-116(106,114-50-111-74-38-56-20-26-65-62(68(56)44-71(74)89(7,8)9)32-35-92(14)77(101-108-17)41-59(83(65)92)23-29-80(104)98-86-95-47-53(2)118-86)115-51-112-75-39-57-21-27-66-63(69(57)45-72(75)90(10,11)12)33-36-93(15)78(102-109-18)42-60(84(66)93)24-30-81(105)99-87-96-48-54(3)119-87/h37-39,43-48,58-66,82-84H,19-36,40-42,49-51H2,1-18H3,(H,94,97,103)(H,95,98,104)(H,96,99,105)/b100-76+,101-77+,102-78+/t58-,59-,60-,61?,62?,63?,64?,65?,66?,82?,83?,84?,91-,92-,93-,116?/m1/s1. The summed E-state index contributed by atoms with van der Waals surface area (Å²) in [6.45, 7) is 31.5. The molecule has 0 radical (unpaired) electrons. The van der Waals surface area contributed by atoms with Gasteiger partial charge in [-0.2, -0.15) is 0 Å². The maximum absolute atomic E-state index is 15.9. The number of phosphoric ester groups is 1. The Morgan fingerprint density at radius 3 is 0.966 bits per heavy atom. The zero-order chi connectivity index (χ0) is 84.5. The number of amides is 3. The Labute approximate surface area is 716 Å². The van der Waals surface area contributed by atoms with Crippen LogP contribution in [0.15, 0.2) is 70.5 Å². The van der Waals surface area contributed by atoms with Crippen LogP contribution in [0.2, 0.25) is 0 Å². The second-order valence-electron chi connectivity index (χ2n) is 39.5.